The molecule has 2 aromatic carbocycles. The van der Waals surface area contributed by atoms with E-state index < -0.39 is 12.0 Å². The highest BCUT2D eigenvalue weighted by molar-refractivity contribution is 5.93. The van der Waals surface area contributed by atoms with Gasteiger partial charge in [-0.3, -0.25) is 4.79 Å². The van der Waals surface area contributed by atoms with E-state index in [-0.39, 0.29) is 19.2 Å². The lowest BCUT2D eigenvalue weighted by atomic mass is 10.2. The fourth-order valence-electron chi connectivity index (χ4n) is 2.16. The van der Waals surface area contributed by atoms with Crippen molar-refractivity contribution in [1.82, 2.24) is 15.3 Å². The van der Waals surface area contributed by atoms with Crippen molar-refractivity contribution < 1.29 is 19.1 Å². The average Bonchev–Trinajstić information content (AvgIpc) is 2.74. The summed E-state index contributed by atoms with van der Waals surface area (Å²) in [4.78, 5) is 31.6. The fraction of sp³-hybridized carbons (Fsp3) is 0.100. The van der Waals surface area contributed by atoms with Crippen LogP contribution in [0.1, 0.15) is 5.56 Å². The summed E-state index contributed by atoms with van der Waals surface area (Å²) < 4.78 is 10.5. The third-order valence-electron chi connectivity index (χ3n) is 3.47. The molecule has 8 heteroatoms. The minimum absolute atomic E-state index is 0.130. The van der Waals surface area contributed by atoms with Gasteiger partial charge in [-0.2, -0.15) is 0 Å². The van der Waals surface area contributed by atoms with Crippen LogP contribution in [0, 0.1) is 0 Å². The van der Waals surface area contributed by atoms with Crippen LogP contribution in [0.3, 0.4) is 0 Å². The molecule has 8 nitrogen and oxygen atoms in total. The first-order valence-corrected chi connectivity index (χ1v) is 8.48. The third kappa shape index (κ3) is 6.10. The van der Waals surface area contributed by atoms with Crippen molar-refractivity contribution in [3.63, 3.8) is 0 Å². The summed E-state index contributed by atoms with van der Waals surface area (Å²) in [6, 6.07) is 18.5. The smallest absolute Gasteiger partial charge is 0.407 e. The zero-order chi connectivity index (χ0) is 19.6. The van der Waals surface area contributed by atoms with E-state index in [9.17, 15) is 9.59 Å². The predicted molar refractivity (Wildman–Crippen MR) is 102 cm³/mol. The second kappa shape index (κ2) is 9.67. The number of ether oxygens (including phenoxy) is 2. The van der Waals surface area contributed by atoms with Crippen LogP contribution in [0.15, 0.2) is 73.1 Å². The number of hydrogen-bond acceptors (Lipinski definition) is 6. The number of nitrogens with zero attached hydrogens (tertiary/aromatic N) is 2. The molecule has 2 amide bonds. The number of para-hydroxylation sites is 1. The van der Waals surface area contributed by atoms with E-state index in [1.807, 2.05) is 48.5 Å². The Labute approximate surface area is 161 Å². The number of carbonyl (C=O) groups is 2. The molecule has 28 heavy (non-hydrogen) atoms. The van der Waals surface area contributed by atoms with Gasteiger partial charge < -0.3 is 20.1 Å². The lowest BCUT2D eigenvalue weighted by Gasteiger charge is -2.08. The molecule has 0 bridgehead atoms. The highest BCUT2D eigenvalue weighted by Crippen LogP contribution is 2.17. The van der Waals surface area contributed by atoms with Crippen molar-refractivity contribution in [2.45, 2.75) is 6.61 Å². The molecule has 3 rings (SSSR count). The Morgan fingerprint density at radius 1 is 0.893 bits per heavy atom. The molecule has 0 radical (unpaired) electrons. The third-order valence-corrected chi connectivity index (χ3v) is 3.47. The largest absolute Gasteiger partial charge is 0.445 e. The van der Waals surface area contributed by atoms with Crippen molar-refractivity contribution in [2.75, 3.05) is 11.9 Å². The molecule has 0 aliphatic carbocycles. The SMILES string of the molecule is O=C(CNC(=O)OCc1ccccc1)Nc1cnc(Oc2ccccc2)nc1. The number of carbonyl (C=O) groups excluding carboxylic acids is 2. The van der Waals surface area contributed by atoms with E-state index in [4.69, 9.17) is 9.47 Å². The molecule has 0 fully saturated rings. The Hall–Kier alpha value is -3.94. The van der Waals surface area contributed by atoms with E-state index in [0.29, 0.717) is 11.4 Å². The molecule has 0 aliphatic rings. The van der Waals surface area contributed by atoms with Crippen LogP contribution < -0.4 is 15.4 Å². The van der Waals surface area contributed by atoms with E-state index >= 15 is 0 Å². The summed E-state index contributed by atoms with van der Waals surface area (Å²) in [7, 11) is 0. The van der Waals surface area contributed by atoms with Gasteiger partial charge in [0.05, 0.1) is 18.1 Å². The molecule has 3 aromatic rings. The Balaban J connectivity index is 1.40. The summed E-state index contributed by atoms with van der Waals surface area (Å²) in [5.74, 6) is 0.175. The summed E-state index contributed by atoms with van der Waals surface area (Å²) in [6.45, 7) is -0.110. The number of amides is 2. The van der Waals surface area contributed by atoms with Crippen LogP contribution in [-0.2, 0) is 16.1 Å². The molecule has 0 unspecified atom stereocenters. The number of anilines is 1. The van der Waals surface area contributed by atoms with Gasteiger partial charge in [0, 0.05) is 0 Å². The Bertz CT molecular complexity index is 903. The second-order valence-electron chi connectivity index (χ2n) is 5.63. The summed E-state index contributed by atoms with van der Waals surface area (Å²) in [6.07, 6.45) is 2.15. The maximum atomic E-state index is 11.9. The first-order chi connectivity index (χ1) is 13.7. The van der Waals surface area contributed by atoms with E-state index in [2.05, 4.69) is 20.6 Å². The number of benzene rings is 2. The van der Waals surface area contributed by atoms with Crippen LogP contribution in [0.4, 0.5) is 10.5 Å². The maximum absolute atomic E-state index is 11.9. The highest BCUT2D eigenvalue weighted by Gasteiger charge is 2.08. The van der Waals surface area contributed by atoms with Gasteiger partial charge in [-0.1, -0.05) is 48.5 Å². The monoisotopic (exact) mass is 378 g/mol. The molecule has 142 valence electrons. The molecular weight excluding hydrogens is 360 g/mol. The van der Waals surface area contributed by atoms with Crippen molar-refractivity contribution in [3.8, 4) is 11.8 Å². The molecule has 0 atom stereocenters. The second-order valence-corrected chi connectivity index (χ2v) is 5.63. The number of aromatic nitrogens is 2. The van der Waals surface area contributed by atoms with Gasteiger partial charge in [-0.05, 0) is 17.7 Å². The fourth-order valence-corrected chi connectivity index (χ4v) is 2.16. The highest BCUT2D eigenvalue weighted by atomic mass is 16.5. The zero-order valence-electron chi connectivity index (χ0n) is 14.9. The Morgan fingerprint density at radius 2 is 1.54 bits per heavy atom. The van der Waals surface area contributed by atoms with E-state index in [1.165, 1.54) is 12.4 Å². The molecule has 0 spiro atoms. The molecule has 1 heterocycles. The summed E-state index contributed by atoms with van der Waals surface area (Å²) in [5.41, 5.74) is 1.24. The number of nitrogens with one attached hydrogen (secondary N) is 2. The normalized spacial score (nSPS) is 10.0. The maximum Gasteiger partial charge on any atom is 0.407 e. The first kappa shape index (κ1) is 18.8. The molecule has 0 aliphatic heterocycles. The number of hydrogen-bond donors (Lipinski definition) is 2. The molecule has 2 N–H and O–H groups in total. The predicted octanol–water partition coefficient (Wildman–Crippen LogP) is 3.13. The molecule has 0 saturated carbocycles. The van der Waals surface area contributed by atoms with Gasteiger partial charge in [0.15, 0.2) is 0 Å². The molecule has 0 saturated heterocycles. The minimum Gasteiger partial charge on any atom is -0.445 e. The lowest BCUT2D eigenvalue weighted by Crippen LogP contribution is -2.33. The van der Waals surface area contributed by atoms with Crippen LogP contribution in [0.2, 0.25) is 0 Å². The van der Waals surface area contributed by atoms with Gasteiger partial charge >= 0.3 is 12.1 Å². The standard InChI is InChI=1S/C20H18N4O4/c25-18(13-23-20(26)27-14-15-7-3-1-4-8-15)24-16-11-21-19(22-12-16)28-17-9-5-2-6-10-17/h1-12H,13-14H2,(H,23,26)(H,24,25). The van der Waals surface area contributed by atoms with Gasteiger partial charge in [-0.15, -0.1) is 0 Å². The quantitative estimate of drug-likeness (QED) is 0.655. The lowest BCUT2D eigenvalue weighted by molar-refractivity contribution is -0.115. The van der Waals surface area contributed by atoms with Gasteiger partial charge in [-0.25, -0.2) is 14.8 Å². The van der Waals surface area contributed by atoms with Crippen LogP contribution in [0.5, 0.6) is 11.8 Å². The number of alkyl carbamates (subject to hydrolysis) is 1. The topological polar surface area (TPSA) is 102 Å². The Morgan fingerprint density at radius 3 is 2.21 bits per heavy atom. The summed E-state index contributed by atoms with van der Waals surface area (Å²) >= 11 is 0. The van der Waals surface area contributed by atoms with E-state index in [0.717, 1.165) is 5.56 Å². The minimum atomic E-state index is -0.679. The van der Waals surface area contributed by atoms with Crippen LogP contribution in [0.25, 0.3) is 0 Å². The van der Waals surface area contributed by atoms with Crippen molar-refractivity contribution >= 4 is 17.7 Å². The van der Waals surface area contributed by atoms with Gasteiger partial charge in [0.2, 0.25) is 5.91 Å². The Kier molecular flexibility index (Phi) is 6.51. The average molecular weight is 378 g/mol. The summed E-state index contributed by atoms with van der Waals surface area (Å²) in [5, 5.41) is 4.95. The van der Waals surface area contributed by atoms with Crippen LogP contribution >= 0.6 is 0 Å². The van der Waals surface area contributed by atoms with Crippen molar-refractivity contribution in [2.24, 2.45) is 0 Å². The first-order valence-electron chi connectivity index (χ1n) is 8.48. The number of rotatable bonds is 7. The molecular formula is C20H18N4O4. The van der Waals surface area contributed by atoms with Gasteiger partial charge in [0.25, 0.3) is 0 Å². The zero-order valence-corrected chi connectivity index (χ0v) is 14.9. The van der Waals surface area contributed by atoms with Crippen LogP contribution in [-0.4, -0.2) is 28.5 Å². The molecule has 1 aromatic heterocycles. The van der Waals surface area contributed by atoms with Crippen molar-refractivity contribution in [3.05, 3.63) is 78.6 Å². The van der Waals surface area contributed by atoms with Crippen molar-refractivity contribution in [1.29, 1.82) is 0 Å². The van der Waals surface area contributed by atoms with E-state index in [1.54, 1.807) is 12.1 Å². The van der Waals surface area contributed by atoms with Gasteiger partial charge in [0.1, 0.15) is 18.9 Å².